The third kappa shape index (κ3) is 42.9. The van der Waals surface area contributed by atoms with E-state index >= 15 is 0 Å². The molecule has 0 aromatic rings. The smallest absolute Gasteiger partial charge is 0 e. The molecule has 0 aromatic carbocycles. The summed E-state index contributed by atoms with van der Waals surface area (Å²) in [6.45, 7) is 5.00. The van der Waals surface area contributed by atoms with Crippen LogP contribution >= 0.6 is 0 Å². The van der Waals surface area contributed by atoms with Crippen molar-refractivity contribution in [3.05, 3.63) is 14.4 Å². The summed E-state index contributed by atoms with van der Waals surface area (Å²) < 4.78 is 0. The zero-order chi connectivity index (χ0) is 2.00. The molecule has 0 aromatic heterocycles. The van der Waals surface area contributed by atoms with Crippen LogP contribution in [0.3, 0.4) is 0 Å². The monoisotopic (exact) mass is 590 g/mol. The second kappa shape index (κ2) is 55.0. The van der Waals surface area contributed by atoms with Crippen LogP contribution in [-0.4, -0.2) is 0 Å². The van der Waals surface area contributed by atoms with Crippen LogP contribution in [0.2, 0.25) is 0 Å². The molecule has 0 atom stereocenters. The first-order valence-corrected chi connectivity index (χ1v) is 0.707. The van der Waals surface area contributed by atoms with E-state index in [1.54, 1.807) is 6.92 Å². The molecule has 0 aliphatic rings. The van der Waals surface area contributed by atoms with Gasteiger partial charge in [-0.25, -0.2) is 0 Å². The normalized spacial score (nSPS) is 0.857. The second-order valence-electron chi connectivity index (χ2n) is 0. The average Bonchev–Trinajstić information content (AvgIpc) is 1.00. The Balaban J connectivity index is -0.000000000500. The third-order valence-electron chi connectivity index (χ3n) is 0. The molecule has 0 fully saturated rings. The minimum atomic E-state index is 0. The van der Waals surface area contributed by atoms with Gasteiger partial charge in [0.2, 0.25) is 0 Å². The Morgan fingerprint density at radius 3 is 0.857 bits per heavy atom. The largest absolute Gasteiger partial charge is 0.358 e. The first-order chi connectivity index (χ1) is 1.00. The number of hydrogen-bond donors (Lipinski definition) is 0. The van der Waals surface area contributed by atoms with Crippen LogP contribution in [0.5, 0.6) is 0 Å². The molecule has 0 aliphatic carbocycles. The van der Waals surface area contributed by atoms with Gasteiger partial charge in [0.25, 0.3) is 0 Å². The zero-order valence-corrected chi connectivity index (χ0v) is 16.2. The molecule has 0 nitrogen and oxygen atoms in total. The van der Waals surface area contributed by atoms with Crippen molar-refractivity contribution in [2.24, 2.45) is 0 Å². The summed E-state index contributed by atoms with van der Waals surface area (Å²) in [5.74, 6) is 0. The van der Waals surface area contributed by atoms with Crippen LogP contribution in [0.15, 0.2) is 0 Å². The van der Waals surface area contributed by atoms with E-state index < -0.39 is 0 Å². The molecule has 0 unspecified atom stereocenters. The maximum atomic E-state index is 3.25. The fraction of sp³-hybridized carbons (Fsp3) is 0.333. The fourth-order valence-corrected chi connectivity index (χ4v) is 0. The Morgan fingerprint density at radius 2 is 0.857 bits per heavy atom. The van der Waals surface area contributed by atoms with Gasteiger partial charge in [0.15, 0.2) is 0 Å². The van der Waals surface area contributed by atoms with Crippen LogP contribution in [-0.2, 0) is 108 Å². The van der Waals surface area contributed by atoms with E-state index in [1.807, 2.05) is 0 Å². The molecule has 2 radical (unpaired) electrons. The van der Waals surface area contributed by atoms with Gasteiger partial charge in [-0.1, -0.05) is 0 Å². The van der Waals surface area contributed by atoms with Crippen molar-refractivity contribution in [1.82, 2.24) is 0 Å². The van der Waals surface area contributed by atoms with Crippen molar-refractivity contribution >= 4 is 0 Å². The van der Waals surface area contributed by atoms with E-state index in [-0.39, 0.29) is 115 Å². The Morgan fingerprint density at radius 1 is 0.857 bits per heavy atom. The predicted octanol–water partition coefficient (Wildman–Crippen LogP) is 1.28. The third-order valence-corrected chi connectivity index (χ3v) is 0. The van der Waals surface area contributed by atoms with Crippen molar-refractivity contribution in [2.45, 2.75) is 6.92 Å². The van der Waals surface area contributed by atoms with Gasteiger partial charge < -0.3 is 14.4 Å². The SMILES string of the molecule is [CH2-]C.[CH3-].[W].[W].[Y].[Y]. The maximum Gasteiger partial charge on any atom is 0 e. The minimum Gasteiger partial charge on any atom is -0.358 e. The zero-order valence-electron chi connectivity index (χ0n) is 4.68. The molecule has 0 aliphatic heterocycles. The Kier molecular flexibility index (Phi) is 363. The van der Waals surface area contributed by atoms with E-state index in [0.717, 1.165) is 0 Å². The van der Waals surface area contributed by atoms with Gasteiger partial charge in [0.1, 0.15) is 0 Å². The molecule has 0 spiro atoms. The van der Waals surface area contributed by atoms with Gasteiger partial charge >= 0.3 is 0 Å². The minimum absolute atomic E-state index is 0. The summed E-state index contributed by atoms with van der Waals surface area (Å²) in [5.41, 5.74) is 0. The molecular weight excluding hydrogens is 582 g/mol. The van der Waals surface area contributed by atoms with E-state index in [9.17, 15) is 0 Å². The molecule has 0 bridgehead atoms. The Hall–Kier alpha value is 3.58. The van der Waals surface area contributed by atoms with E-state index in [4.69, 9.17) is 0 Å². The van der Waals surface area contributed by atoms with Crippen LogP contribution in [0, 0.1) is 14.4 Å². The van der Waals surface area contributed by atoms with Crippen LogP contribution < -0.4 is 0 Å². The summed E-state index contributed by atoms with van der Waals surface area (Å²) in [5, 5.41) is 0. The van der Waals surface area contributed by atoms with Gasteiger partial charge in [-0.05, 0) is 0 Å². The van der Waals surface area contributed by atoms with Gasteiger partial charge in [-0.15, -0.1) is 0 Å². The van der Waals surface area contributed by atoms with Crippen molar-refractivity contribution in [3.8, 4) is 0 Å². The van der Waals surface area contributed by atoms with E-state index in [2.05, 4.69) is 6.92 Å². The fourth-order valence-electron chi connectivity index (χ4n) is 0. The van der Waals surface area contributed by atoms with E-state index in [0.29, 0.717) is 0 Å². The topological polar surface area (TPSA) is 0 Å². The van der Waals surface area contributed by atoms with Gasteiger partial charge in [0, 0.05) is 108 Å². The summed E-state index contributed by atoms with van der Waals surface area (Å²) >= 11 is 0. The summed E-state index contributed by atoms with van der Waals surface area (Å²) in [6, 6.07) is 0. The van der Waals surface area contributed by atoms with Gasteiger partial charge in [-0.3, -0.25) is 0 Å². The van der Waals surface area contributed by atoms with Gasteiger partial charge in [0.05, 0.1) is 0 Å². The van der Waals surface area contributed by atoms with Crippen LogP contribution in [0.25, 0.3) is 0 Å². The summed E-state index contributed by atoms with van der Waals surface area (Å²) in [7, 11) is 0. The van der Waals surface area contributed by atoms with Crippen molar-refractivity contribution in [3.63, 3.8) is 0 Å². The standard InChI is InChI=1S/C2H5.CH3.2W.2Y/c1-2;;;;;/h1H2,2H3;1H3;;;;/q2*-1;;;;. The van der Waals surface area contributed by atoms with E-state index in [1.165, 1.54) is 0 Å². The molecular formula is C3H8W2Y2-2. The number of hydrogen-bond acceptors (Lipinski definition) is 0. The molecule has 7 heavy (non-hydrogen) atoms. The molecule has 0 amide bonds. The van der Waals surface area contributed by atoms with Crippen molar-refractivity contribution in [2.75, 3.05) is 0 Å². The van der Waals surface area contributed by atoms with Crippen LogP contribution in [0.1, 0.15) is 6.92 Å². The average molecular weight is 590 g/mol. The second-order valence-corrected chi connectivity index (χ2v) is 0. The summed E-state index contributed by atoms with van der Waals surface area (Å²) in [6.07, 6.45) is 0. The molecule has 0 N–H and O–H groups in total. The van der Waals surface area contributed by atoms with Gasteiger partial charge in [-0.2, -0.15) is 6.92 Å². The van der Waals surface area contributed by atoms with Crippen LogP contribution in [0.4, 0.5) is 0 Å². The first kappa shape index (κ1) is 46.3. The molecule has 0 saturated heterocycles. The predicted molar refractivity (Wildman–Crippen MR) is 17.4 cm³/mol. The maximum absolute atomic E-state index is 3.25. The Bertz CT molecular complexity index is 10.9. The molecule has 40 valence electrons. The number of rotatable bonds is 0. The first-order valence-electron chi connectivity index (χ1n) is 0.707. The Labute approximate surface area is 126 Å². The molecule has 0 heterocycles. The molecule has 0 rings (SSSR count). The quantitative estimate of drug-likeness (QED) is 0.374. The summed E-state index contributed by atoms with van der Waals surface area (Å²) in [4.78, 5) is 0. The van der Waals surface area contributed by atoms with Crippen molar-refractivity contribution in [1.29, 1.82) is 0 Å². The molecule has 0 saturated carbocycles. The molecule has 4 heteroatoms. The van der Waals surface area contributed by atoms with Crippen molar-refractivity contribution < 1.29 is 108 Å².